The van der Waals surface area contributed by atoms with Crippen molar-refractivity contribution in [2.45, 2.75) is 19.3 Å². The SMILES string of the molecule is [NH]C(=O)CCCc1nnc(-c2ccccc2)o1. The van der Waals surface area contributed by atoms with Crippen LogP contribution in [0.4, 0.5) is 0 Å². The van der Waals surface area contributed by atoms with Crippen molar-refractivity contribution in [1.82, 2.24) is 15.9 Å². The van der Waals surface area contributed by atoms with E-state index in [2.05, 4.69) is 10.2 Å². The fraction of sp³-hybridized carbons (Fsp3) is 0.250. The summed E-state index contributed by atoms with van der Waals surface area (Å²) < 4.78 is 5.46. The molecule has 0 atom stereocenters. The highest BCUT2D eigenvalue weighted by molar-refractivity contribution is 5.72. The molecule has 0 aliphatic carbocycles. The monoisotopic (exact) mass is 230 g/mol. The van der Waals surface area contributed by atoms with E-state index in [4.69, 9.17) is 10.2 Å². The molecule has 1 radical (unpaired) electrons. The molecular formula is C12H12N3O2. The van der Waals surface area contributed by atoms with Crippen LogP contribution in [0.2, 0.25) is 0 Å². The summed E-state index contributed by atoms with van der Waals surface area (Å²) in [7, 11) is 0. The van der Waals surface area contributed by atoms with Crippen molar-refractivity contribution in [2.75, 3.05) is 0 Å². The largest absolute Gasteiger partial charge is 0.421 e. The smallest absolute Gasteiger partial charge is 0.247 e. The van der Waals surface area contributed by atoms with Gasteiger partial charge in [-0.3, -0.25) is 10.5 Å². The molecule has 0 spiro atoms. The van der Waals surface area contributed by atoms with Crippen molar-refractivity contribution >= 4 is 5.91 Å². The second-order valence-electron chi connectivity index (χ2n) is 3.64. The molecule has 0 aliphatic heterocycles. The summed E-state index contributed by atoms with van der Waals surface area (Å²) in [6.45, 7) is 0. The standard InChI is InChI=1S/C12H12N3O2/c13-10(16)7-4-8-11-14-15-12(17-11)9-5-2-1-3-6-9/h1-3,5-6,13H,4,7-8H2. The summed E-state index contributed by atoms with van der Waals surface area (Å²) in [6, 6.07) is 9.51. The molecule has 2 rings (SSSR count). The van der Waals surface area contributed by atoms with Gasteiger partial charge in [-0.05, 0) is 18.6 Å². The van der Waals surface area contributed by atoms with Gasteiger partial charge in [0.15, 0.2) is 0 Å². The van der Waals surface area contributed by atoms with Gasteiger partial charge in [0, 0.05) is 18.4 Å². The maximum Gasteiger partial charge on any atom is 0.247 e. The third kappa shape index (κ3) is 3.14. The van der Waals surface area contributed by atoms with Crippen LogP contribution in [0.15, 0.2) is 34.7 Å². The molecular weight excluding hydrogens is 218 g/mol. The minimum Gasteiger partial charge on any atom is -0.421 e. The molecule has 0 bridgehead atoms. The number of carbonyl (C=O) groups excluding carboxylic acids is 1. The predicted octanol–water partition coefficient (Wildman–Crippen LogP) is 1.87. The van der Waals surface area contributed by atoms with Gasteiger partial charge >= 0.3 is 0 Å². The van der Waals surface area contributed by atoms with Crippen LogP contribution < -0.4 is 5.73 Å². The van der Waals surface area contributed by atoms with Gasteiger partial charge in [-0.1, -0.05) is 18.2 Å². The van der Waals surface area contributed by atoms with Gasteiger partial charge in [-0.25, -0.2) is 0 Å². The molecule has 0 fully saturated rings. The maximum atomic E-state index is 10.5. The van der Waals surface area contributed by atoms with Crippen LogP contribution in [0.25, 0.3) is 11.5 Å². The molecule has 1 N–H and O–H groups in total. The Labute approximate surface area is 98.7 Å². The summed E-state index contributed by atoms with van der Waals surface area (Å²) in [5.41, 5.74) is 7.66. The van der Waals surface area contributed by atoms with Gasteiger partial charge in [-0.2, -0.15) is 0 Å². The van der Waals surface area contributed by atoms with Gasteiger partial charge in [0.2, 0.25) is 17.7 Å². The summed E-state index contributed by atoms with van der Waals surface area (Å²) in [6.07, 6.45) is 1.33. The van der Waals surface area contributed by atoms with Crippen LogP contribution >= 0.6 is 0 Å². The van der Waals surface area contributed by atoms with Crippen molar-refractivity contribution in [3.05, 3.63) is 36.2 Å². The van der Waals surface area contributed by atoms with Gasteiger partial charge in [0.05, 0.1) is 0 Å². The molecule has 1 amide bonds. The molecule has 2 aromatic rings. The first-order chi connectivity index (χ1) is 8.25. The predicted molar refractivity (Wildman–Crippen MR) is 60.8 cm³/mol. The Hall–Kier alpha value is -2.17. The molecule has 1 heterocycles. The highest BCUT2D eigenvalue weighted by Gasteiger charge is 2.08. The Morgan fingerprint density at radius 2 is 2.00 bits per heavy atom. The minimum atomic E-state index is -0.562. The average molecular weight is 230 g/mol. The van der Waals surface area contributed by atoms with Crippen LogP contribution in [-0.2, 0) is 11.2 Å². The third-order valence-corrected chi connectivity index (χ3v) is 2.28. The number of aromatic nitrogens is 2. The molecule has 87 valence electrons. The lowest BCUT2D eigenvalue weighted by Gasteiger charge is -1.93. The van der Waals surface area contributed by atoms with E-state index in [1.165, 1.54) is 0 Å². The topological polar surface area (TPSA) is 79.8 Å². The molecule has 5 nitrogen and oxygen atoms in total. The number of benzene rings is 1. The molecule has 1 aromatic carbocycles. The van der Waals surface area contributed by atoms with E-state index in [0.717, 1.165) is 5.56 Å². The zero-order chi connectivity index (χ0) is 12.1. The Morgan fingerprint density at radius 3 is 2.71 bits per heavy atom. The van der Waals surface area contributed by atoms with Crippen LogP contribution in [0.3, 0.4) is 0 Å². The fourth-order valence-corrected chi connectivity index (χ4v) is 1.45. The lowest BCUT2D eigenvalue weighted by Crippen LogP contribution is -1.98. The van der Waals surface area contributed by atoms with Crippen molar-refractivity contribution in [2.24, 2.45) is 0 Å². The number of nitrogens with one attached hydrogen (secondary N) is 1. The number of amides is 1. The Morgan fingerprint density at radius 1 is 1.24 bits per heavy atom. The molecule has 5 heteroatoms. The van der Waals surface area contributed by atoms with Gasteiger partial charge in [0.1, 0.15) is 0 Å². The van der Waals surface area contributed by atoms with Crippen LogP contribution in [0, 0.1) is 0 Å². The van der Waals surface area contributed by atoms with E-state index in [-0.39, 0.29) is 6.42 Å². The lowest BCUT2D eigenvalue weighted by atomic mass is 10.2. The number of aryl methyl sites for hydroxylation is 1. The Kier molecular flexibility index (Phi) is 3.49. The van der Waals surface area contributed by atoms with Gasteiger partial charge in [0.25, 0.3) is 0 Å². The zero-order valence-electron chi connectivity index (χ0n) is 9.22. The minimum absolute atomic E-state index is 0.225. The number of rotatable bonds is 5. The van der Waals surface area contributed by atoms with Crippen LogP contribution in [0.5, 0.6) is 0 Å². The fourth-order valence-electron chi connectivity index (χ4n) is 1.45. The second-order valence-corrected chi connectivity index (χ2v) is 3.64. The normalized spacial score (nSPS) is 10.4. The molecule has 0 aliphatic rings. The third-order valence-electron chi connectivity index (χ3n) is 2.28. The van der Waals surface area contributed by atoms with Crippen molar-refractivity contribution in [3.8, 4) is 11.5 Å². The molecule has 0 saturated carbocycles. The summed E-state index contributed by atoms with van der Waals surface area (Å²) in [4.78, 5) is 10.5. The van der Waals surface area contributed by atoms with Crippen molar-refractivity contribution in [1.29, 1.82) is 0 Å². The first-order valence-corrected chi connectivity index (χ1v) is 5.38. The zero-order valence-corrected chi connectivity index (χ0v) is 9.22. The van der Waals surface area contributed by atoms with E-state index < -0.39 is 5.91 Å². The summed E-state index contributed by atoms with van der Waals surface area (Å²) >= 11 is 0. The number of nitrogens with zero attached hydrogens (tertiary/aromatic N) is 2. The summed E-state index contributed by atoms with van der Waals surface area (Å²) in [5, 5.41) is 7.84. The second kappa shape index (κ2) is 5.25. The lowest BCUT2D eigenvalue weighted by molar-refractivity contribution is -0.118. The maximum absolute atomic E-state index is 10.5. The van der Waals surface area contributed by atoms with E-state index in [0.29, 0.717) is 24.6 Å². The van der Waals surface area contributed by atoms with Gasteiger partial charge in [-0.15, -0.1) is 10.2 Å². The highest BCUT2D eigenvalue weighted by atomic mass is 16.4. The quantitative estimate of drug-likeness (QED) is 0.785. The molecule has 1 aromatic heterocycles. The first kappa shape index (κ1) is 11.3. The van der Waals surface area contributed by atoms with Crippen LogP contribution in [0.1, 0.15) is 18.7 Å². The summed E-state index contributed by atoms with van der Waals surface area (Å²) in [5.74, 6) is 0.427. The van der Waals surface area contributed by atoms with E-state index >= 15 is 0 Å². The van der Waals surface area contributed by atoms with E-state index in [1.54, 1.807) is 0 Å². The Bertz CT molecular complexity index is 493. The Balaban J connectivity index is 1.99. The van der Waals surface area contributed by atoms with Crippen molar-refractivity contribution < 1.29 is 9.21 Å². The number of hydrogen-bond acceptors (Lipinski definition) is 4. The number of hydrogen-bond donors (Lipinski definition) is 0. The molecule has 0 unspecified atom stereocenters. The molecule has 17 heavy (non-hydrogen) atoms. The van der Waals surface area contributed by atoms with Crippen LogP contribution in [-0.4, -0.2) is 16.1 Å². The van der Waals surface area contributed by atoms with Crippen molar-refractivity contribution in [3.63, 3.8) is 0 Å². The first-order valence-electron chi connectivity index (χ1n) is 5.38. The highest BCUT2D eigenvalue weighted by Crippen LogP contribution is 2.17. The molecule has 0 saturated heterocycles. The van der Waals surface area contributed by atoms with E-state index in [1.807, 2.05) is 30.3 Å². The van der Waals surface area contributed by atoms with Gasteiger partial charge < -0.3 is 4.42 Å². The average Bonchev–Trinajstić information content (AvgIpc) is 2.78. The number of carbonyl (C=O) groups is 1. The van der Waals surface area contributed by atoms with E-state index in [9.17, 15) is 4.79 Å².